The largest absolute Gasteiger partial charge is 0.497 e. The van der Waals surface area contributed by atoms with Crippen molar-refractivity contribution in [1.82, 2.24) is 0 Å². The predicted molar refractivity (Wildman–Crippen MR) is 76.2 cm³/mol. The molecule has 0 bridgehead atoms. The molecule has 1 N–H and O–H groups in total. The van der Waals surface area contributed by atoms with Crippen LogP contribution in [0.3, 0.4) is 0 Å². The highest BCUT2D eigenvalue weighted by atomic mass is 16.5. The van der Waals surface area contributed by atoms with E-state index in [0.717, 1.165) is 11.4 Å². The van der Waals surface area contributed by atoms with Gasteiger partial charge in [-0.15, -0.1) is 0 Å². The monoisotopic (exact) mass is 252 g/mol. The molecule has 0 heterocycles. The van der Waals surface area contributed by atoms with Gasteiger partial charge < -0.3 is 10.1 Å². The van der Waals surface area contributed by atoms with Gasteiger partial charge in [-0.2, -0.15) is 5.26 Å². The van der Waals surface area contributed by atoms with Crippen LogP contribution in [0, 0.1) is 11.3 Å². The molecule has 3 heteroatoms. The van der Waals surface area contributed by atoms with Crippen molar-refractivity contribution < 1.29 is 4.74 Å². The number of benzene rings is 2. The summed E-state index contributed by atoms with van der Waals surface area (Å²) in [6.07, 6.45) is 0. The molecule has 0 aromatic heterocycles. The average Bonchev–Trinajstić information content (AvgIpc) is 2.47. The molecular formula is C16H16N2O. The molecule has 0 fully saturated rings. The number of nitrogens with zero attached hydrogens (tertiary/aromatic N) is 1. The van der Waals surface area contributed by atoms with Gasteiger partial charge in [-0.05, 0) is 42.8 Å². The number of hydrogen-bond donors (Lipinski definition) is 1. The molecule has 3 nitrogen and oxygen atoms in total. The first-order valence-electron chi connectivity index (χ1n) is 6.13. The van der Waals surface area contributed by atoms with Gasteiger partial charge in [0.2, 0.25) is 0 Å². The number of anilines is 1. The highest BCUT2D eigenvalue weighted by Crippen LogP contribution is 2.22. The minimum Gasteiger partial charge on any atom is -0.497 e. The molecule has 2 aromatic rings. The first-order chi connectivity index (χ1) is 9.22. The lowest BCUT2D eigenvalue weighted by atomic mass is 10.1. The molecule has 0 amide bonds. The maximum Gasteiger partial charge on any atom is 0.118 e. The van der Waals surface area contributed by atoms with Crippen molar-refractivity contribution in [1.29, 1.82) is 5.26 Å². The zero-order valence-corrected chi connectivity index (χ0v) is 11.1. The van der Waals surface area contributed by atoms with Gasteiger partial charge in [-0.3, -0.25) is 0 Å². The molecule has 2 aromatic carbocycles. The minimum absolute atomic E-state index is 0.167. The van der Waals surface area contributed by atoms with E-state index in [9.17, 15) is 0 Å². The molecule has 0 aliphatic carbocycles. The van der Waals surface area contributed by atoms with Crippen LogP contribution in [0.2, 0.25) is 0 Å². The van der Waals surface area contributed by atoms with Crippen molar-refractivity contribution in [3.8, 4) is 11.8 Å². The fourth-order valence-corrected chi connectivity index (χ4v) is 1.90. The topological polar surface area (TPSA) is 45.0 Å². The van der Waals surface area contributed by atoms with Crippen LogP contribution >= 0.6 is 0 Å². The summed E-state index contributed by atoms with van der Waals surface area (Å²) in [6, 6.07) is 17.7. The van der Waals surface area contributed by atoms with Crippen molar-refractivity contribution in [3.05, 3.63) is 59.7 Å². The third-order valence-corrected chi connectivity index (χ3v) is 2.99. The fourth-order valence-electron chi connectivity index (χ4n) is 1.90. The summed E-state index contributed by atoms with van der Waals surface area (Å²) in [5, 5.41) is 12.3. The Hall–Kier alpha value is -2.47. The predicted octanol–water partition coefficient (Wildman–Crippen LogP) is 3.74. The Morgan fingerprint density at radius 2 is 1.89 bits per heavy atom. The number of hydrogen-bond acceptors (Lipinski definition) is 3. The van der Waals surface area contributed by atoms with Crippen LogP contribution in [-0.2, 0) is 0 Å². The molecule has 0 spiro atoms. The van der Waals surface area contributed by atoms with Gasteiger partial charge in [0.1, 0.15) is 5.75 Å². The highest BCUT2D eigenvalue weighted by molar-refractivity contribution is 5.50. The maximum atomic E-state index is 8.88. The zero-order valence-electron chi connectivity index (χ0n) is 11.1. The Bertz CT molecular complexity index is 584. The van der Waals surface area contributed by atoms with Crippen LogP contribution < -0.4 is 10.1 Å². The van der Waals surface area contributed by atoms with Crippen LogP contribution in [0.15, 0.2) is 48.5 Å². The van der Waals surface area contributed by atoms with E-state index in [2.05, 4.69) is 18.3 Å². The van der Waals surface area contributed by atoms with Gasteiger partial charge in [0.15, 0.2) is 0 Å². The van der Waals surface area contributed by atoms with Crippen molar-refractivity contribution in [2.45, 2.75) is 13.0 Å². The summed E-state index contributed by atoms with van der Waals surface area (Å²) >= 11 is 0. The molecule has 19 heavy (non-hydrogen) atoms. The molecule has 2 rings (SSSR count). The van der Waals surface area contributed by atoms with Gasteiger partial charge in [-0.1, -0.05) is 18.2 Å². The second-order valence-electron chi connectivity index (χ2n) is 4.33. The van der Waals surface area contributed by atoms with E-state index in [4.69, 9.17) is 10.00 Å². The van der Waals surface area contributed by atoms with Crippen LogP contribution in [0.4, 0.5) is 5.69 Å². The molecule has 0 saturated heterocycles. The van der Waals surface area contributed by atoms with Gasteiger partial charge in [0, 0.05) is 11.7 Å². The molecular weight excluding hydrogens is 236 g/mol. The summed E-state index contributed by atoms with van der Waals surface area (Å²) < 4.78 is 5.14. The molecule has 0 aliphatic heterocycles. The zero-order chi connectivity index (χ0) is 13.7. The van der Waals surface area contributed by atoms with Gasteiger partial charge in [0.05, 0.1) is 18.7 Å². The third kappa shape index (κ3) is 3.26. The highest BCUT2D eigenvalue weighted by Gasteiger charge is 2.05. The second kappa shape index (κ2) is 5.92. The van der Waals surface area contributed by atoms with E-state index >= 15 is 0 Å². The SMILES string of the molecule is COc1ccc(C(C)Nc2cccc(C#N)c2)cc1. The van der Waals surface area contributed by atoms with Crippen molar-refractivity contribution in [2.24, 2.45) is 0 Å². The summed E-state index contributed by atoms with van der Waals surface area (Å²) in [5.41, 5.74) is 2.78. The summed E-state index contributed by atoms with van der Waals surface area (Å²) in [5.74, 6) is 0.849. The third-order valence-electron chi connectivity index (χ3n) is 2.99. The van der Waals surface area contributed by atoms with E-state index in [1.54, 1.807) is 13.2 Å². The fraction of sp³-hybridized carbons (Fsp3) is 0.188. The van der Waals surface area contributed by atoms with Crippen molar-refractivity contribution in [3.63, 3.8) is 0 Å². The minimum atomic E-state index is 0.167. The van der Waals surface area contributed by atoms with E-state index in [1.807, 2.05) is 42.5 Å². The molecule has 96 valence electrons. The maximum absolute atomic E-state index is 8.88. The van der Waals surface area contributed by atoms with Gasteiger partial charge >= 0.3 is 0 Å². The molecule has 0 aliphatic rings. The normalized spacial score (nSPS) is 11.4. The van der Waals surface area contributed by atoms with Crippen LogP contribution in [-0.4, -0.2) is 7.11 Å². The molecule has 0 saturated carbocycles. The van der Waals surface area contributed by atoms with E-state index in [-0.39, 0.29) is 6.04 Å². The Kier molecular flexibility index (Phi) is 4.04. The Labute approximate surface area is 113 Å². The van der Waals surface area contributed by atoms with E-state index in [0.29, 0.717) is 5.56 Å². The second-order valence-corrected chi connectivity index (χ2v) is 4.33. The Morgan fingerprint density at radius 3 is 2.53 bits per heavy atom. The lowest BCUT2D eigenvalue weighted by Crippen LogP contribution is -2.06. The summed E-state index contributed by atoms with van der Waals surface area (Å²) in [4.78, 5) is 0. The van der Waals surface area contributed by atoms with Gasteiger partial charge in [-0.25, -0.2) is 0 Å². The number of rotatable bonds is 4. The first kappa shape index (κ1) is 13.0. The van der Waals surface area contributed by atoms with Crippen molar-refractivity contribution >= 4 is 5.69 Å². The van der Waals surface area contributed by atoms with E-state index in [1.165, 1.54) is 5.56 Å². The Balaban J connectivity index is 2.11. The van der Waals surface area contributed by atoms with Crippen LogP contribution in [0.5, 0.6) is 5.75 Å². The summed E-state index contributed by atoms with van der Waals surface area (Å²) in [7, 11) is 1.66. The average molecular weight is 252 g/mol. The number of nitrogens with one attached hydrogen (secondary N) is 1. The van der Waals surface area contributed by atoms with Crippen molar-refractivity contribution in [2.75, 3.05) is 12.4 Å². The lowest BCUT2D eigenvalue weighted by Gasteiger charge is -2.16. The van der Waals surface area contributed by atoms with Crippen LogP contribution in [0.1, 0.15) is 24.1 Å². The first-order valence-corrected chi connectivity index (χ1v) is 6.13. The molecule has 1 atom stereocenters. The summed E-state index contributed by atoms with van der Waals surface area (Å²) in [6.45, 7) is 2.08. The van der Waals surface area contributed by atoms with E-state index < -0.39 is 0 Å². The standard InChI is InChI=1S/C16H16N2O/c1-12(14-6-8-16(19-2)9-7-14)18-15-5-3-4-13(10-15)11-17/h3-10,12,18H,1-2H3. The smallest absolute Gasteiger partial charge is 0.118 e. The number of nitriles is 1. The number of ether oxygens (including phenoxy) is 1. The Morgan fingerprint density at radius 1 is 1.16 bits per heavy atom. The van der Waals surface area contributed by atoms with Crippen LogP contribution in [0.25, 0.3) is 0 Å². The number of methoxy groups -OCH3 is 1. The lowest BCUT2D eigenvalue weighted by molar-refractivity contribution is 0.414. The molecule has 1 unspecified atom stereocenters. The quantitative estimate of drug-likeness (QED) is 0.901. The molecule has 0 radical (unpaired) electrons. The van der Waals surface area contributed by atoms with Gasteiger partial charge in [0.25, 0.3) is 0 Å².